The molecule has 1 amide bonds. The molecule has 1 aromatic carbocycles. The van der Waals surface area contributed by atoms with Gasteiger partial charge in [0, 0.05) is 12.4 Å². The molecule has 0 aliphatic carbocycles. The van der Waals surface area contributed by atoms with Gasteiger partial charge in [-0.15, -0.1) is 0 Å². The first-order valence-corrected chi connectivity index (χ1v) is 8.75. The Hall–Kier alpha value is -3.46. The number of nitrogens with one attached hydrogen (secondary N) is 1. The van der Waals surface area contributed by atoms with Crippen LogP contribution in [-0.2, 0) is 0 Å². The second-order valence-corrected chi connectivity index (χ2v) is 6.11. The quantitative estimate of drug-likeness (QED) is 0.714. The maximum atomic E-state index is 12.8. The van der Waals surface area contributed by atoms with Crippen LogP contribution in [0.15, 0.2) is 53.2 Å². The summed E-state index contributed by atoms with van der Waals surface area (Å²) in [6.45, 7) is 6.11. The predicted octanol–water partition coefficient (Wildman–Crippen LogP) is 4.14. The molecule has 3 rings (SSSR count). The molecule has 0 aliphatic rings. The summed E-state index contributed by atoms with van der Waals surface area (Å²) in [5, 5.41) is 12.5. The third-order valence-electron chi connectivity index (χ3n) is 4.28. The molecule has 0 fully saturated rings. The van der Waals surface area contributed by atoms with Crippen LogP contribution >= 0.6 is 0 Å². The van der Waals surface area contributed by atoms with Crippen molar-refractivity contribution in [2.24, 2.45) is 0 Å². The van der Waals surface area contributed by atoms with Gasteiger partial charge in [-0.25, -0.2) is 0 Å². The fourth-order valence-corrected chi connectivity index (χ4v) is 2.93. The number of rotatable bonds is 6. The van der Waals surface area contributed by atoms with Gasteiger partial charge in [-0.05, 0) is 50.6 Å². The zero-order valence-corrected chi connectivity index (χ0v) is 15.5. The first-order valence-electron chi connectivity index (χ1n) is 8.75. The number of nitriles is 1. The number of carbonyl (C=O) groups excluding carboxylic acids is 1. The Balaban J connectivity index is 1.83. The predicted molar refractivity (Wildman–Crippen MR) is 101 cm³/mol. The molecule has 6 nitrogen and oxygen atoms in total. The highest BCUT2D eigenvalue weighted by molar-refractivity contribution is 5.98. The van der Waals surface area contributed by atoms with Crippen LogP contribution < -0.4 is 10.1 Å². The summed E-state index contributed by atoms with van der Waals surface area (Å²) < 4.78 is 12.8. The Morgan fingerprint density at radius 3 is 2.56 bits per heavy atom. The van der Waals surface area contributed by atoms with Crippen molar-refractivity contribution in [3.8, 4) is 17.7 Å². The fourth-order valence-electron chi connectivity index (χ4n) is 2.93. The Morgan fingerprint density at radius 2 is 1.96 bits per heavy atom. The second kappa shape index (κ2) is 7.83. The number of aryl methyl sites for hydroxylation is 1. The molecule has 0 radical (unpaired) electrons. The normalized spacial score (nSPS) is 11.6. The van der Waals surface area contributed by atoms with Gasteiger partial charge in [-0.2, -0.15) is 5.26 Å². The van der Waals surface area contributed by atoms with Crippen molar-refractivity contribution < 1.29 is 13.9 Å². The van der Waals surface area contributed by atoms with E-state index in [0.717, 1.165) is 11.3 Å². The van der Waals surface area contributed by atoms with Crippen molar-refractivity contribution in [3.63, 3.8) is 0 Å². The van der Waals surface area contributed by atoms with Crippen molar-refractivity contribution in [3.05, 3.63) is 71.2 Å². The molecule has 3 aromatic rings. The van der Waals surface area contributed by atoms with Gasteiger partial charge in [-0.3, -0.25) is 9.36 Å². The molecule has 1 atom stereocenters. The molecule has 6 heteroatoms. The molecule has 0 spiro atoms. The zero-order chi connectivity index (χ0) is 19.4. The number of furan rings is 1. The number of hydrogen-bond acceptors (Lipinski definition) is 4. The van der Waals surface area contributed by atoms with Crippen LogP contribution in [0.3, 0.4) is 0 Å². The lowest BCUT2D eigenvalue weighted by atomic mass is 10.1. The van der Waals surface area contributed by atoms with E-state index in [1.54, 1.807) is 23.9 Å². The van der Waals surface area contributed by atoms with Gasteiger partial charge >= 0.3 is 0 Å². The van der Waals surface area contributed by atoms with Crippen LogP contribution in [0.25, 0.3) is 5.88 Å². The number of carbonyl (C=O) groups is 1. The van der Waals surface area contributed by atoms with E-state index in [2.05, 4.69) is 11.4 Å². The van der Waals surface area contributed by atoms with E-state index in [9.17, 15) is 10.1 Å². The highest BCUT2D eigenvalue weighted by Crippen LogP contribution is 2.26. The first-order chi connectivity index (χ1) is 13.0. The zero-order valence-electron chi connectivity index (χ0n) is 15.5. The Morgan fingerprint density at radius 1 is 1.30 bits per heavy atom. The average Bonchev–Trinajstić information content (AvgIpc) is 3.29. The lowest BCUT2D eigenvalue weighted by Crippen LogP contribution is -2.27. The molecule has 0 bridgehead atoms. The van der Waals surface area contributed by atoms with Crippen molar-refractivity contribution in [1.82, 2.24) is 9.88 Å². The summed E-state index contributed by atoms with van der Waals surface area (Å²) in [6.07, 6.45) is 3.53. The highest BCUT2D eigenvalue weighted by atomic mass is 16.5. The smallest absolute Gasteiger partial charge is 0.256 e. The Bertz CT molecular complexity index is 964. The Labute approximate surface area is 158 Å². The molecule has 0 aliphatic heterocycles. The number of nitrogens with zero attached hydrogens (tertiary/aromatic N) is 2. The van der Waals surface area contributed by atoms with E-state index >= 15 is 0 Å². The van der Waals surface area contributed by atoms with Gasteiger partial charge in [0.15, 0.2) is 0 Å². The molecule has 138 valence electrons. The maximum Gasteiger partial charge on any atom is 0.256 e. The van der Waals surface area contributed by atoms with E-state index in [-0.39, 0.29) is 23.1 Å². The number of ether oxygens (including phenoxy) is 1. The first kappa shape index (κ1) is 18.3. The standard InChI is InChI=1S/C21H21N3O3/c1-4-26-17-9-7-16(8-10-17)14(2)23-20(25)19-15(3)27-21(18(19)13-22)24-11-5-6-12-24/h5-12,14H,4H2,1-3H3,(H,23,25). The summed E-state index contributed by atoms with van der Waals surface area (Å²) in [4.78, 5) is 12.8. The van der Waals surface area contributed by atoms with E-state index in [0.29, 0.717) is 18.3 Å². The highest BCUT2D eigenvalue weighted by Gasteiger charge is 2.25. The summed E-state index contributed by atoms with van der Waals surface area (Å²) in [5.74, 6) is 1.20. The van der Waals surface area contributed by atoms with Crippen molar-refractivity contribution in [1.29, 1.82) is 5.26 Å². The lowest BCUT2D eigenvalue weighted by Gasteiger charge is -2.15. The fraction of sp³-hybridized carbons (Fsp3) is 0.238. The second-order valence-electron chi connectivity index (χ2n) is 6.11. The van der Waals surface area contributed by atoms with Gasteiger partial charge < -0.3 is 14.5 Å². The van der Waals surface area contributed by atoms with Crippen LogP contribution in [-0.4, -0.2) is 17.1 Å². The molecule has 1 N–H and O–H groups in total. The summed E-state index contributed by atoms with van der Waals surface area (Å²) in [7, 11) is 0. The van der Waals surface area contributed by atoms with E-state index in [4.69, 9.17) is 9.15 Å². The van der Waals surface area contributed by atoms with Gasteiger partial charge in [0.1, 0.15) is 28.7 Å². The third-order valence-corrected chi connectivity index (χ3v) is 4.28. The van der Waals surface area contributed by atoms with Crippen LogP contribution in [0, 0.1) is 18.3 Å². The van der Waals surface area contributed by atoms with E-state index in [1.807, 2.05) is 50.2 Å². The van der Waals surface area contributed by atoms with Gasteiger partial charge in [-0.1, -0.05) is 12.1 Å². The number of amides is 1. The minimum Gasteiger partial charge on any atom is -0.494 e. The van der Waals surface area contributed by atoms with Gasteiger partial charge in [0.2, 0.25) is 5.88 Å². The summed E-state index contributed by atoms with van der Waals surface area (Å²) in [6, 6.07) is 13.1. The molecule has 0 saturated heterocycles. The minimum absolute atomic E-state index is 0.222. The molecule has 0 saturated carbocycles. The largest absolute Gasteiger partial charge is 0.494 e. The van der Waals surface area contributed by atoms with Crippen LogP contribution in [0.1, 0.15) is 47.1 Å². The van der Waals surface area contributed by atoms with Gasteiger partial charge in [0.05, 0.1) is 12.6 Å². The number of hydrogen-bond donors (Lipinski definition) is 1. The SMILES string of the molecule is CCOc1ccc(C(C)NC(=O)c2c(C)oc(-n3cccc3)c2C#N)cc1. The van der Waals surface area contributed by atoms with Crippen molar-refractivity contribution >= 4 is 5.91 Å². The molecule has 2 aromatic heterocycles. The third kappa shape index (κ3) is 3.72. The van der Waals surface area contributed by atoms with Crippen molar-refractivity contribution in [2.75, 3.05) is 6.61 Å². The number of benzene rings is 1. The molecule has 1 unspecified atom stereocenters. The number of aromatic nitrogens is 1. The molecular formula is C21H21N3O3. The minimum atomic E-state index is -0.340. The Kier molecular flexibility index (Phi) is 5.32. The monoisotopic (exact) mass is 363 g/mol. The molecular weight excluding hydrogens is 342 g/mol. The van der Waals surface area contributed by atoms with Crippen molar-refractivity contribution in [2.45, 2.75) is 26.8 Å². The summed E-state index contributed by atoms with van der Waals surface area (Å²) in [5.41, 5.74) is 1.43. The van der Waals surface area contributed by atoms with Crippen LogP contribution in [0.4, 0.5) is 0 Å². The van der Waals surface area contributed by atoms with Crippen LogP contribution in [0.5, 0.6) is 5.75 Å². The van der Waals surface area contributed by atoms with Crippen LogP contribution in [0.2, 0.25) is 0 Å². The topological polar surface area (TPSA) is 80.2 Å². The van der Waals surface area contributed by atoms with E-state index < -0.39 is 0 Å². The van der Waals surface area contributed by atoms with E-state index in [1.165, 1.54) is 0 Å². The average molecular weight is 363 g/mol. The lowest BCUT2D eigenvalue weighted by molar-refractivity contribution is 0.0938. The molecule has 27 heavy (non-hydrogen) atoms. The molecule has 2 heterocycles. The maximum absolute atomic E-state index is 12.8. The summed E-state index contributed by atoms with van der Waals surface area (Å²) >= 11 is 0. The van der Waals surface area contributed by atoms with Gasteiger partial charge in [0.25, 0.3) is 5.91 Å².